The number of carbonyl (C=O) groups excluding carboxylic acids is 2. The minimum absolute atomic E-state index is 0.0594. The van der Waals surface area contributed by atoms with Crippen LogP contribution in [0.3, 0.4) is 0 Å². The minimum atomic E-state index is -1.10. The summed E-state index contributed by atoms with van der Waals surface area (Å²) in [5.74, 6) is -2.14. The van der Waals surface area contributed by atoms with Gasteiger partial charge in [-0.1, -0.05) is 13.8 Å². The smallest absolute Gasteiger partial charge is 0.223 e. The van der Waals surface area contributed by atoms with Gasteiger partial charge >= 0.3 is 0 Å². The third-order valence-electron chi connectivity index (χ3n) is 3.83. The number of Topliss-reactive ketones (excluding diaryl/α,β-unsaturated/α-hetero) is 1. The van der Waals surface area contributed by atoms with Gasteiger partial charge in [0.05, 0.1) is 24.0 Å². The molecule has 1 aromatic rings. The van der Waals surface area contributed by atoms with E-state index in [1.54, 1.807) is 4.90 Å². The molecular weight excluding hydrogens is 285 g/mol. The monoisotopic (exact) mass is 303 g/mol. The lowest BCUT2D eigenvalue weighted by atomic mass is 9.88. The lowest BCUT2D eigenvalue weighted by molar-refractivity contribution is -0.138. The van der Waals surface area contributed by atoms with Gasteiger partial charge in [0.2, 0.25) is 5.91 Å². The average molecular weight is 303 g/mol. The Bertz CT molecular complexity index is 607. The van der Waals surface area contributed by atoms with Crippen LogP contribution in [0.15, 0.2) is 18.3 Å². The third kappa shape index (κ3) is 3.14. The predicted octanol–water partition coefficient (Wildman–Crippen LogP) is 2.04. The standard InChI is InChI=1S/C16H18FN3O2/c1-10(2)15(20-7-3-4-14(20)21)16(22)12(8-18)13-6-5-11(17)9-19-13/h5-6,9-10,12,15H,3-4,7H2,1-2H3. The number of hydrogen-bond acceptors (Lipinski definition) is 4. The molecular formula is C16H18FN3O2. The van der Waals surface area contributed by atoms with Crippen molar-refractivity contribution in [1.29, 1.82) is 5.26 Å². The first-order valence-corrected chi connectivity index (χ1v) is 7.30. The normalized spacial score (nSPS) is 17.4. The van der Waals surface area contributed by atoms with Crippen molar-refractivity contribution in [3.05, 3.63) is 29.8 Å². The van der Waals surface area contributed by atoms with Crippen LogP contribution in [0.2, 0.25) is 0 Å². The van der Waals surface area contributed by atoms with Crippen molar-refractivity contribution in [2.24, 2.45) is 5.92 Å². The maximum atomic E-state index is 13.0. The Hall–Kier alpha value is -2.29. The van der Waals surface area contributed by atoms with Crippen LogP contribution in [0.25, 0.3) is 0 Å². The molecule has 2 atom stereocenters. The number of nitriles is 1. The Balaban J connectivity index is 2.30. The van der Waals surface area contributed by atoms with Gasteiger partial charge < -0.3 is 4.90 Å². The topological polar surface area (TPSA) is 74.1 Å². The van der Waals surface area contributed by atoms with Crippen molar-refractivity contribution < 1.29 is 14.0 Å². The number of ketones is 1. The molecule has 0 aromatic carbocycles. The second kappa shape index (κ2) is 6.65. The molecule has 0 saturated carbocycles. The molecule has 1 amide bonds. The van der Waals surface area contributed by atoms with E-state index in [9.17, 15) is 19.2 Å². The molecule has 1 aromatic heterocycles. The quantitative estimate of drug-likeness (QED) is 0.834. The maximum absolute atomic E-state index is 13.0. The van der Waals surface area contributed by atoms with E-state index in [1.165, 1.54) is 12.1 Å². The van der Waals surface area contributed by atoms with Crippen molar-refractivity contribution in [1.82, 2.24) is 9.88 Å². The van der Waals surface area contributed by atoms with E-state index in [1.807, 2.05) is 19.9 Å². The van der Waals surface area contributed by atoms with Crippen LogP contribution >= 0.6 is 0 Å². The molecule has 0 bridgehead atoms. The zero-order chi connectivity index (χ0) is 16.3. The molecule has 2 heterocycles. The number of amides is 1. The van der Waals surface area contributed by atoms with Gasteiger partial charge in [-0.25, -0.2) is 4.39 Å². The van der Waals surface area contributed by atoms with Crippen LogP contribution in [0.4, 0.5) is 4.39 Å². The first kappa shape index (κ1) is 16.1. The van der Waals surface area contributed by atoms with E-state index in [0.717, 1.165) is 12.6 Å². The molecule has 1 aliphatic heterocycles. The summed E-state index contributed by atoms with van der Waals surface area (Å²) in [5, 5.41) is 9.35. The SMILES string of the molecule is CC(C)C(C(=O)C(C#N)c1ccc(F)cn1)N1CCCC1=O. The van der Waals surface area contributed by atoms with Gasteiger partial charge in [-0.05, 0) is 24.5 Å². The summed E-state index contributed by atoms with van der Waals surface area (Å²) >= 11 is 0. The molecule has 5 nitrogen and oxygen atoms in total. The van der Waals surface area contributed by atoms with Crippen molar-refractivity contribution in [3.8, 4) is 6.07 Å². The van der Waals surface area contributed by atoms with Gasteiger partial charge in [0.25, 0.3) is 0 Å². The van der Waals surface area contributed by atoms with Gasteiger partial charge in [-0.3, -0.25) is 14.6 Å². The van der Waals surface area contributed by atoms with Crippen LogP contribution < -0.4 is 0 Å². The molecule has 0 N–H and O–H groups in total. The number of likely N-dealkylation sites (tertiary alicyclic amines) is 1. The Kier molecular flexibility index (Phi) is 4.86. The van der Waals surface area contributed by atoms with Crippen LogP contribution in [0, 0.1) is 23.1 Å². The van der Waals surface area contributed by atoms with E-state index < -0.39 is 17.8 Å². The van der Waals surface area contributed by atoms with Crippen molar-refractivity contribution >= 4 is 11.7 Å². The van der Waals surface area contributed by atoms with E-state index >= 15 is 0 Å². The average Bonchev–Trinajstić information content (AvgIpc) is 2.88. The number of carbonyl (C=O) groups is 2. The van der Waals surface area contributed by atoms with Crippen molar-refractivity contribution in [2.45, 2.75) is 38.6 Å². The first-order valence-electron chi connectivity index (χ1n) is 7.30. The van der Waals surface area contributed by atoms with Gasteiger partial charge in [-0.2, -0.15) is 5.26 Å². The van der Waals surface area contributed by atoms with E-state index in [4.69, 9.17) is 0 Å². The fourth-order valence-corrected chi connectivity index (χ4v) is 2.81. The number of pyridine rings is 1. The summed E-state index contributed by atoms with van der Waals surface area (Å²) in [6.07, 6.45) is 2.14. The van der Waals surface area contributed by atoms with Gasteiger partial charge in [0.1, 0.15) is 11.7 Å². The molecule has 0 radical (unpaired) electrons. The minimum Gasteiger partial charge on any atom is -0.332 e. The first-order chi connectivity index (χ1) is 10.5. The Morgan fingerprint density at radius 1 is 1.45 bits per heavy atom. The fraction of sp³-hybridized carbons (Fsp3) is 0.500. The summed E-state index contributed by atoms with van der Waals surface area (Å²) in [4.78, 5) is 30.1. The Morgan fingerprint density at radius 3 is 2.64 bits per heavy atom. The number of hydrogen-bond donors (Lipinski definition) is 0. The van der Waals surface area contributed by atoms with Crippen LogP contribution in [-0.4, -0.2) is 34.2 Å². The Labute approximate surface area is 128 Å². The summed E-state index contributed by atoms with van der Waals surface area (Å²) in [5.41, 5.74) is 0.214. The lowest BCUT2D eigenvalue weighted by Crippen LogP contribution is -2.47. The highest BCUT2D eigenvalue weighted by molar-refractivity contribution is 5.95. The molecule has 1 saturated heterocycles. The lowest BCUT2D eigenvalue weighted by Gasteiger charge is -2.31. The van der Waals surface area contributed by atoms with E-state index in [2.05, 4.69) is 4.98 Å². The predicted molar refractivity (Wildman–Crippen MR) is 77.1 cm³/mol. The van der Waals surface area contributed by atoms with E-state index in [-0.39, 0.29) is 23.3 Å². The molecule has 0 aliphatic carbocycles. The molecule has 6 heteroatoms. The highest BCUT2D eigenvalue weighted by Crippen LogP contribution is 2.25. The van der Waals surface area contributed by atoms with Gasteiger partial charge in [0, 0.05) is 13.0 Å². The van der Waals surface area contributed by atoms with Gasteiger partial charge in [0.15, 0.2) is 5.78 Å². The molecule has 2 unspecified atom stereocenters. The largest absolute Gasteiger partial charge is 0.332 e. The Morgan fingerprint density at radius 2 is 2.18 bits per heavy atom. The van der Waals surface area contributed by atoms with Crippen LogP contribution in [-0.2, 0) is 9.59 Å². The van der Waals surface area contributed by atoms with Crippen molar-refractivity contribution in [2.75, 3.05) is 6.54 Å². The maximum Gasteiger partial charge on any atom is 0.223 e. The van der Waals surface area contributed by atoms with Crippen LogP contribution in [0.1, 0.15) is 38.3 Å². The number of aromatic nitrogens is 1. The highest BCUT2D eigenvalue weighted by Gasteiger charge is 2.39. The second-order valence-corrected chi connectivity index (χ2v) is 5.75. The molecule has 116 valence electrons. The second-order valence-electron chi connectivity index (χ2n) is 5.75. The molecule has 0 spiro atoms. The zero-order valence-corrected chi connectivity index (χ0v) is 12.6. The molecule has 22 heavy (non-hydrogen) atoms. The molecule has 2 rings (SSSR count). The number of halogens is 1. The van der Waals surface area contributed by atoms with Gasteiger partial charge in [-0.15, -0.1) is 0 Å². The zero-order valence-electron chi connectivity index (χ0n) is 12.6. The fourth-order valence-electron chi connectivity index (χ4n) is 2.81. The summed E-state index contributed by atoms with van der Waals surface area (Å²) < 4.78 is 13.0. The summed E-state index contributed by atoms with van der Waals surface area (Å²) in [6.45, 7) is 4.23. The molecule has 1 fully saturated rings. The number of nitrogens with zero attached hydrogens (tertiary/aromatic N) is 3. The highest BCUT2D eigenvalue weighted by atomic mass is 19.1. The number of rotatable bonds is 5. The summed E-state index contributed by atoms with van der Waals surface area (Å²) in [6, 6.07) is 3.80. The molecule has 1 aliphatic rings. The van der Waals surface area contributed by atoms with Crippen LogP contribution in [0.5, 0.6) is 0 Å². The summed E-state index contributed by atoms with van der Waals surface area (Å²) in [7, 11) is 0. The van der Waals surface area contributed by atoms with Crippen molar-refractivity contribution in [3.63, 3.8) is 0 Å². The van der Waals surface area contributed by atoms with E-state index in [0.29, 0.717) is 13.0 Å². The third-order valence-corrected chi connectivity index (χ3v) is 3.83.